The lowest BCUT2D eigenvalue weighted by molar-refractivity contribution is 0.00754. The van der Waals surface area contributed by atoms with Crippen molar-refractivity contribution in [1.82, 2.24) is 9.88 Å². The molecule has 7 nitrogen and oxygen atoms in total. The van der Waals surface area contributed by atoms with Crippen LogP contribution in [0.15, 0.2) is 29.5 Å². The normalized spacial score (nSPS) is 21.5. The number of hydrogen-bond acceptors (Lipinski definition) is 5. The van der Waals surface area contributed by atoms with Crippen LogP contribution in [0.2, 0.25) is 5.02 Å². The van der Waals surface area contributed by atoms with Crippen molar-refractivity contribution < 1.29 is 14.4 Å². The molecule has 2 rings (SSSR count). The van der Waals surface area contributed by atoms with Gasteiger partial charge in [0.05, 0.1) is 5.02 Å². The first-order valence-electron chi connectivity index (χ1n) is 8.59. The molecule has 0 aliphatic carbocycles. The zero-order valence-corrected chi connectivity index (χ0v) is 16.5. The average molecular weight is 383 g/mol. The summed E-state index contributed by atoms with van der Waals surface area (Å²) >= 11 is 5.91. The number of amides is 1. The molecule has 1 aliphatic rings. The molecule has 2 atom stereocenters. The lowest BCUT2D eigenvalue weighted by Gasteiger charge is -2.38. The standard InChI is InChI=1S/C18H27ClN4O3/c1-11-6-7-13(10-23(11)17(24)25-18(3,4)5)12(2)22-16(26-20)15-8-14(19)9-21-15/h8-9,11,13,21H,2,6-7,10,20H2,1,3-5H3/t11-,13+/m1/s1. The van der Waals surface area contributed by atoms with Gasteiger partial charge in [-0.3, -0.25) is 0 Å². The van der Waals surface area contributed by atoms with Crippen LogP contribution in [-0.2, 0) is 9.57 Å². The van der Waals surface area contributed by atoms with E-state index in [1.807, 2.05) is 27.7 Å². The molecule has 0 radical (unpaired) electrons. The maximum atomic E-state index is 12.5. The van der Waals surface area contributed by atoms with Gasteiger partial charge in [0.15, 0.2) is 0 Å². The quantitative estimate of drug-likeness (QED) is 0.471. The Morgan fingerprint density at radius 1 is 1.46 bits per heavy atom. The first-order chi connectivity index (χ1) is 12.1. The van der Waals surface area contributed by atoms with E-state index in [-0.39, 0.29) is 24.0 Å². The van der Waals surface area contributed by atoms with Crippen LogP contribution in [0.4, 0.5) is 4.79 Å². The monoisotopic (exact) mass is 382 g/mol. The van der Waals surface area contributed by atoms with E-state index in [0.29, 0.717) is 23.0 Å². The molecule has 0 unspecified atom stereocenters. The van der Waals surface area contributed by atoms with Gasteiger partial charge in [-0.15, -0.1) is 0 Å². The number of nitrogens with two attached hydrogens (primary N) is 1. The lowest BCUT2D eigenvalue weighted by atomic mass is 9.92. The topological polar surface area (TPSA) is 92.9 Å². The number of aliphatic imine (C=N–C) groups is 1. The number of likely N-dealkylation sites (tertiary alicyclic amines) is 1. The van der Waals surface area contributed by atoms with Crippen molar-refractivity contribution >= 4 is 23.6 Å². The Labute approximate surface area is 159 Å². The van der Waals surface area contributed by atoms with Crippen LogP contribution < -0.4 is 5.90 Å². The molecule has 0 saturated carbocycles. The average Bonchev–Trinajstić information content (AvgIpc) is 2.97. The third kappa shape index (κ3) is 5.25. The number of halogens is 1. The first-order valence-corrected chi connectivity index (χ1v) is 8.96. The van der Waals surface area contributed by atoms with E-state index in [2.05, 4.69) is 16.6 Å². The predicted molar refractivity (Wildman–Crippen MR) is 102 cm³/mol. The molecule has 2 heterocycles. The molecule has 0 bridgehead atoms. The summed E-state index contributed by atoms with van der Waals surface area (Å²) in [7, 11) is 0. The van der Waals surface area contributed by atoms with Crippen molar-refractivity contribution in [2.45, 2.75) is 52.2 Å². The Kier molecular flexibility index (Phi) is 6.36. The number of nitrogens with one attached hydrogen (secondary N) is 1. The number of nitrogens with zero attached hydrogens (tertiary/aromatic N) is 2. The molecule has 1 amide bonds. The van der Waals surface area contributed by atoms with Gasteiger partial charge in [0.2, 0.25) is 0 Å². The number of aromatic nitrogens is 1. The molecule has 1 aliphatic heterocycles. The van der Waals surface area contributed by atoms with Crippen molar-refractivity contribution in [2.24, 2.45) is 16.8 Å². The molecule has 1 aromatic heterocycles. The van der Waals surface area contributed by atoms with Crippen LogP contribution in [0.5, 0.6) is 0 Å². The van der Waals surface area contributed by atoms with Crippen LogP contribution in [0, 0.1) is 5.92 Å². The third-order valence-corrected chi connectivity index (χ3v) is 4.43. The first kappa shape index (κ1) is 20.3. The molecule has 0 spiro atoms. The van der Waals surface area contributed by atoms with Crippen molar-refractivity contribution in [3.8, 4) is 0 Å². The minimum absolute atomic E-state index is 0.00528. The predicted octanol–water partition coefficient (Wildman–Crippen LogP) is 3.85. The van der Waals surface area contributed by atoms with Crippen LogP contribution >= 0.6 is 11.6 Å². The summed E-state index contributed by atoms with van der Waals surface area (Å²) in [6.45, 7) is 12.1. The summed E-state index contributed by atoms with van der Waals surface area (Å²) < 4.78 is 5.51. The number of hydrogen-bond donors (Lipinski definition) is 2. The van der Waals surface area contributed by atoms with E-state index < -0.39 is 5.60 Å². The number of ether oxygens (including phenoxy) is 1. The fourth-order valence-electron chi connectivity index (χ4n) is 2.82. The second-order valence-electron chi connectivity index (χ2n) is 7.51. The highest BCUT2D eigenvalue weighted by Gasteiger charge is 2.33. The Hall–Kier alpha value is -1.99. The van der Waals surface area contributed by atoms with Crippen molar-refractivity contribution in [1.29, 1.82) is 0 Å². The number of aromatic amines is 1. The summed E-state index contributed by atoms with van der Waals surface area (Å²) in [6, 6.07) is 1.77. The number of H-pyrrole nitrogens is 1. The highest BCUT2D eigenvalue weighted by atomic mass is 35.5. The Morgan fingerprint density at radius 3 is 2.69 bits per heavy atom. The van der Waals surface area contributed by atoms with Gasteiger partial charge in [0.25, 0.3) is 5.90 Å². The second kappa shape index (κ2) is 8.14. The second-order valence-corrected chi connectivity index (χ2v) is 7.95. The minimum atomic E-state index is -0.535. The molecule has 8 heteroatoms. The zero-order valence-electron chi connectivity index (χ0n) is 15.7. The summed E-state index contributed by atoms with van der Waals surface area (Å²) in [5, 5.41) is 0.526. The fraction of sp³-hybridized carbons (Fsp3) is 0.556. The minimum Gasteiger partial charge on any atom is -0.444 e. The Morgan fingerprint density at radius 2 is 2.15 bits per heavy atom. The molecule has 1 aromatic rings. The number of piperidine rings is 1. The summed E-state index contributed by atoms with van der Waals surface area (Å²) in [5.41, 5.74) is 0.621. The van der Waals surface area contributed by atoms with Gasteiger partial charge in [0, 0.05) is 30.4 Å². The van der Waals surface area contributed by atoms with Gasteiger partial charge in [0.1, 0.15) is 11.3 Å². The molecule has 144 valence electrons. The Balaban J connectivity index is 2.11. The summed E-state index contributed by atoms with van der Waals surface area (Å²) in [6.07, 6.45) is 3.00. The molecular formula is C18H27ClN4O3. The van der Waals surface area contributed by atoms with Gasteiger partial charge in [-0.2, -0.15) is 5.90 Å². The number of rotatable bonds is 3. The number of carbonyl (C=O) groups excluding carboxylic acids is 1. The van der Waals surface area contributed by atoms with E-state index in [4.69, 9.17) is 27.1 Å². The van der Waals surface area contributed by atoms with E-state index in [9.17, 15) is 4.79 Å². The molecule has 1 fully saturated rings. The van der Waals surface area contributed by atoms with Crippen molar-refractivity contribution in [3.63, 3.8) is 0 Å². The fourth-order valence-corrected chi connectivity index (χ4v) is 2.98. The van der Waals surface area contributed by atoms with Crippen molar-refractivity contribution in [2.75, 3.05) is 6.54 Å². The van der Waals surface area contributed by atoms with E-state index in [0.717, 1.165) is 12.8 Å². The third-order valence-electron chi connectivity index (χ3n) is 4.22. The van der Waals surface area contributed by atoms with Gasteiger partial charge in [-0.1, -0.05) is 18.2 Å². The van der Waals surface area contributed by atoms with Crippen LogP contribution in [-0.4, -0.2) is 40.1 Å². The van der Waals surface area contributed by atoms with Gasteiger partial charge in [-0.05, 0) is 46.6 Å². The van der Waals surface area contributed by atoms with E-state index >= 15 is 0 Å². The van der Waals surface area contributed by atoms with Crippen LogP contribution in [0.3, 0.4) is 0 Å². The van der Waals surface area contributed by atoms with Crippen LogP contribution in [0.1, 0.15) is 46.2 Å². The van der Waals surface area contributed by atoms with Crippen molar-refractivity contribution in [3.05, 3.63) is 35.3 Å². The zero-order chi connectivity index (χ0) is 19.5. The lowest BCUT2D eigenvalue weighted by Crippen LogP contribution is -2.47. The number of carbonyl (C=O) groups is 1. The molecule has 3 N–H and O–H groups in total. The molecular weight excluding hydrogens is 356 g/mol. The molecule has 26 heavy (non-hydrogen) atoms. The maximum Gasteiger partial charge on any atom is 0.410 e. The smallest absolute Gasteiger partial charge is 0.410 e. The summed E-state index contributed by atoms with van der Waals surface area (Å²) in [5.74, 6) is 5.53. The summed E-state index contributed by atoms with van der Waals surface area (Å²) in [4.78, 5) is 26.4. The van der Waals surface area contributed by atoms with E-state index in [1.54, 1.807) is 17.2 Å². The highest BCUT2D eigenvalue weighted by Crippen LogP contribution is 2.29. The van der Waals surface area contributed by atoms with Gasteiger partial charge in [-0.25, -0.2) is 9.79 Å². The molecule has 0 aromatic carbocycles. The molecule has 1 saturated heterocycles. The van der Waals surface area contributed by atoms with E-state index in [1.165, 1.54) is 0 Å². The SMILES string of the molecule is C=C(N=C(ON)c1cc(Cl)c[nH]1)[C@H]1CC[C@@H](C)N(C(=O)OC(C)(C)C)C1. The largest absolute Gasteiger partial charge is 0.444 e. The highest BCUT2D eigenvalue weighted by molar-refractivity contribution is 6.30. The van der Waals surface area contributed by atoms with Gasteiger partial charge >= 0.3 is 6.09 Å². The van der Waals surface area contributed by atoms with Crippen LogP contribution in [0.25, 0.3) is 0 Å². The van der Waals surface area contributed by atoms with Gasteiger partial charge < -0.3 is 19.5 Å². The Bertz CT molecular complexity index is 693. The maximum absolute atomic E-state index is 12.5.